The summed E-state index contributed by atoms with van der Waals surface area (Å²) < 4.78 is 7.93. The monoisotopic (exact) mass is 397 g/mol. The van der Waals surface area contributed by atoms with Crippen LogP contribution in [0, 0.1) is 5.92 Å². The maximum atomic E-state index is 12.7. The molecule has 3 aromatic rings. The lowest BCUT2D eigenvalue weighted by Gasteiger charge is -2.27. The molecule has 1 aliphatic rings. The van der Waals surface area contributed by atoms with Crippen molar-refractivity contribution in [1.29, 1.82) is 0 Å². The highest BCUT2D eigenvalue weighted by Gasteiger charge is 2.24. The van der Waals surface area contributed by atoms with Crippen LogP contribution in [0.15, 0.2) is 41.9 Å². The minimum atomic E-state index is 0.00169. The number of carbonyl (C=O) groups excluding carboxylic acids is 1. The average Bonchev–Trinajstić information content (AvgIpc) is 3.43. The molecule has 0 spiro atoms. The van der Waals surface area contributed by atoms with Gasteiger partial charge in [-0.2, -0.15) is 0 Å². The van der Waals surface area contributed by atoms with Crippen molar-refractivity contribution in [2.45, 2.75) is 39.2 Å². The maximum Gasteiger partial charge on any atom is 0.225 e. The Labute approximate surface area is 170 Å². The lowest BCUT2D eigenvalue weighted by molar-refractivity contribution is -0.136. The highest BCUT2D eigenvalue weighted by molar-refractivity contribution is 7.15. The molecule has 1 fully saturated rings. The molecular weight excluding hydrogens is 370 g/mol. The predicted molar refractivity (Wildman–Crippen MR) is 113 cm³/mol. The minimum Gasteiger partial charge on any atom is -0.376 e. The molecule has 0 bridgehead atoms. The molecule has 5 nitrogen and oxygen atoms in total. The first-order chi connectivity index (χ1) is 13.6. The summed E-state index contributed by atoms with van der Waals surface area (Å²) in [6.07, 6.45) is 5.24. The maximum absolute atomic E-state index is 12.7. The fourth-order valence-electron chi connectivity index (χ4n) is 3.70. The summed E-state index contributed by atoms with van der Waals surface area (Å²) in [5.41, 5.74) is 3.31. The number of hydrogen-bond acceptors (Lipinski definition) is 4. The van der Waals surface area contributed by atoms with Crippen molar-refractivity contribution in [2.75, 3.05) is 19.7 Å². The fraction of sp³-hybridized carbons (Fsp3) is 0.455. The molecule has 4 rings (SSSR count). The molecule has 1 aliphatic heterocycles. The molecule has 0 radical (unpaired) electrons. The summed E-state index contributed by atoms with van der Waals surface area (Å²) in [4.78, 5) is 20.4. The number of aromatic nitrogens is 2. The van der Waals surface area contributed by atoms with Crippen LogP contribution in [-0.2, 0) is 16.0 Å². The first-order valence-corrected chi connectivity index (χ1v) is 10.9. The van der Waals surface area contributed by atoms with Gasteiger partial charge in [0.15, 0.2) is 4.96 Å². The van der Waals surface area contributed by atoms with Crippen LogP contribution in [0.2, 0.25) is 0 Å². The summed E-state index contributed by atoms with van der Waals surface area (Å²) >= 11 is 1.65. The molecule has 148 valence electrons. The Morgan fingerprint density at radius 3 is 2.89 bits per heavy atom. The second-order valence-corrected chi connectivity index (χ2v) is 8.53. The van der Waals surface area contributed by atoms with Gasteiger partial charge in [-0.15, -0.1) is 11.3 Å². The van der Waals surface area contributed by atoms with Crippen molar-refractivity contribution in [1.82, 2.24) is 14.3 Å². The first-order valence-electron chi connectivity index (χ1n) is 10.0. The van der Waals surface area contributed by atoms with Gasteiger partial charge in [-0.25, -0.2) is 4.98 Å². The van der Waals surface area contributed by atoms with Gasteiger partial charge in [-0.3, -0.25) is 9.20 Å². The van der Waals surface area contributed by atoms with Crippen LogP contribution >= 0.6 is 11.3 Å². The van der Waals surface area contributed by atoms with Crippen LogP contribution in [0.4, 0.5) is 0 Å². The summed E-state index contributed by atoms with van der Waals surface area (Å²) in [6, 6.07) is 10.2. The SMILES string of the molecule is CC(C)C(=O)N(CCc1csc2nc(-c3ccccc3)cn12)C[C@H]1CCCO1. The van der Waals surface area contributed by atoms with Gasteiger partial charge in [0.2, 0.25) is 5.91 Å². The normalized spacial score (nSPS) is 16.9. The Kier molecular flexibility index (Phi) is 5.78. The molecule has 0 aliphatic carbocycles. The van der Waals surface area contributed by atoms with E-state index in [0.29, 0.717) is 13.1 Å². The minimum absolute atomic E-state index is 0.00169. The van der Waals surface area contributed by atoms with E-state index in [1.54, 1.807) is 11.3 Å². The van der Waals surface area contributed by atoms with Gasteiger partial charge in [0.25, 0.3) is 0 Å². The molecule has 1 saturated heterocycles. The highest BCUT2D eigenvalue weighted by atomic mass is 32.1. The molecule has 1 atom stereocenters. The Morgan fingerprint density at radius 1 is 1.36 bits per heavy atom. The molecule has 1 aromatic carbocycles. The van der Waals surface area contributed by atoms with Crippen LogP contribution in [-0.4, -0.2) is 46.0 Å². The van der Waals surface area contributed by atoms with E-state index < -0.39 is 0 Å². The summed E-state index contributed by atoms with van der Waals surface area (Å²) in [5.74, 6) is 0.208. The number of hydrogen-bond donors (Lipinski definition) is 0. The average molecular weight is 398 g/mol. The zero-order chi connectivity index (χ0) is 19.5. The second kappa shape index (κ2) is 8.45. The molecule has 1 amide bonds. The van der Waals surface area contributed by atoms with Crippen LogP contribution in [0.3, 0.4) is 0 Å². The fourth-order valence-corrected chi connectivity index (χ4v) is 4.60. The van der Waals surface area contributed by atoms with Gasteiger partial charge in [-0.1, -0.05) is 44.2 Å². The molecule has 28 heavy (non-hydrogen) atoms. The highest BCUT2D eigenvalue weighted by Crippen LogP contribution is 2.24. The summed E-state index contributed by atoms with van der Waals surface area (Å²) in [5, 5.41) is 2.15. The quantitative estimate of drug-likeness (QED) is 0.598. The zero-order valence-electron chi connectivity index (χ0n) is 16.5. The number of benzene rings is 1. The number of carbonyl (C=O) groups is 1. The van der Waals surface area contributed by atoms with Gasteiger partial charge >= 0.3 is 0 Å². The van der Waals surface area contributed by atoms with Crippen molar-refractivity contribution >= 4 is 22.2 Å². The topological polar surface area (TPSA) is 46.8 Å². The van der Waals surface area contributed by atoms with E-state index in [4.69, 9.17) is 9.72 Å². The van der Waals surface area contributed by atoms with Crippen LogP contribution in [0.25, 0.3) is 16.2 Å². The van der Waals surface area contributed by atoms with E-state index in [-0.39, 0.29) is 17.9 Å². The largest absolute Gasteiger partial charge is 0.376 e. The Hall–Kier alpha value is -2.18. The zero-order valence-corrected chi connectivity index (χ0v) is 17.3. The third kappa shape index (κ3) is 4.13. The summed E-state index contributed by atoms with van der Waals surface area (Å²) in [6.45, 7) is 6.16. The Balaban J connectivity index is 1.49. The van der Waals surface area contributed by atoms with E-state index in [0.717, 1.165) is 42.1 Å². The number of fused-ring (bicyclic) bond motifs is 1. The second-order valence-electron chi connectivity index (χ2n) is 7.70. The lowest BCUT2D eigenvalue weighted by Crippen LogP contribution is -2.41. The van der Waals surface area contributed by atoms with Gasteiger partial charge in [-0.05, 0) is 12.8 Å². The molecule has 3 heterocycles. The van der Waals surface area contributed by atoms with E-state index in [9.17, 15) is 4.79 Å². The summed E-state index contributed by atoms with van der Waals surface area (Å²) in [7, 11) is 0. The van der Waals surface area contributed by atoms with E-state index >= 15 is 0 Å². The molecule has 0 N–H and O–H groups in total. The Morgan fingerprint density at radius 2 is 2.18 bits per heavy atom. The molecule has 2 aromatic heterocycles. The van der Waals surface area contributed by atoms with Crippen molar-refractivity contribution in [2.24, 2.45) is 5.92 Å². The van der Waals surface area contributed by atoms with Crippen LogP contribution in [0.1, 0.15) is 32.4 Å². The number of rotatable bonds is 7. The van der Waals surface area contributed by atoms with Crippen LogP contribution < -0.4 is 0 Å². The molecular formula is C22H27N3O2S. The predicted octanol–water partition coefficient (Wildman–Crippen LogP) is 4.27. The molecule has 0 unspecified atom stereocenters. The number of thiazole rings is 1. The van der Waals surface area contributed by atoms with Gasteiger partial charge in [0.05, 0.1) is 11.8 Å². The number of ether oxygens (including phenoxy) is 1. The molecule has 0 saturated carbocycles. The van der Waals surface area contributed by atoms with Crippen molar-refractivity contribution in [3.05, 3.63) is 47.6 Å². The Bertz CT molecular complexity index is 926. The van der Waals surface area contributed by atoms with Crippen molar-refractivity contribution in [3.8, 4) is 11.3 Å². The third-order valence-corrected chi connectivity index (χ3v) is 6.13. The van der Waals surface area contributed by atoms with Crippen LogP contribution in [0.5, 0.6) is 0 Å². The van der Waals surface area contributed by atoms with Crippen molar-refractivity contribution < 1.29 is 9.53 Å². The standard InChI is InChI=1S/C22H27N3O2S/c1-16(2)21(26)24(13-19-9-6-12-27-19)11-10-18-15-28-22-23-20(14-25(18)22)17-7-4-3-5-8-17/h3-5,7-8,14-16,19H,6,9-13H2,1-2H3/t19-/m1/s1. The number of nitrogens with zero attached hydrogens (tertiary/aromatic N) is 3. The van der Waals surface area contributed by atoms with Gasteiger partial charge < -0.3 is 9.64 Å². The van der Waals surface area contributed by atoms with E-state index in [1.807, 2.05) is 36.9 Å². The smallest absolute Gasteiger partial charge is 0.225 e. The lowest BCUT2D eigenvalue weighted by atomic mass is 10.1. The van der Waals surface area contributed by atoms with E-state index in [1.165, 1.54) is 5.69 Å². The van der Waals surface area contributed by atoms with Gasteiger partial charge in [0, 0.05) is 54.9 Å². The third-order valence-electron chi connectivity index (χ3n) is 5.24. The van der Waals surface area contributed by atoms with Crippen molar-refractivity contribution in [3.63, 3.8) is 0 Å². The van der Waals surface area contributed by atoms with Gasteiger partial charge in [0.1, 0.15) is 0 Å². The number of amides is 1. The first kappa shape index (κ1) is 19.2. The molecule has 6 heteroatoms. The number of imidazole rings is 1. The van der Waals surface area contributed by atoms with E-state index in [2.05, 4.69) is 28.1 Å².